The molecule has 0 aliphatic carbocycles. The van der Waals surface area contributed by atoms with Crippen LogP contribution in [0, 0.1) is 0 Å². The van der Waals surface area contributed by atoms with Crippen LogP contribution in [0.2, 0.25) is 0 Å². The summed E-state index contributed by atoms with van der Waals surface area (Å²) in [6, 6.07) is 23.7. The van der Waals surface area contributed by atoms with Crippen molar-refractivity contribution >= 4 is 23.5 Å². The lowest BCUT2D eigenvalue weighted by Crippen LogP contribution is -2.17. The molecule has 3 N–H and O–H groups in total. The zero-order valence-corrected chi connectivity index (χ0v) is 13.4. The lowest BCUT2D eigenvalue weighted by atomic mass is 10.2. The van der Waals surface area contributed by atoms with Crippen molar-refractivity contribution in [2.75, 3.05) is 5.32 Å². The molecule has 0 atom stereocenters. The Balaban J connectivity index is 1.57. The van der Waals surface area contributed by atoms with Crippen LogP contribution < -0.4 is 10.7 Å². The van der Waals surface area contributed by atoms with E-state index in [0.717, 1.165) is 16.9 Å². The van der Waals surface area contributed by atoms with Gasteiger partial charge in [0.25, 0.3) is 5.91 Å². The highest BCUT2D eigenvalue weighted by Gasteiger charge is 2.04. The summed E-state index contributed by atoms with van der Waals surface area (Å²) in [7, 11) is 0. The van der Waals surface area contributed by atoms with Gasteiger partial charge in [0.1, 0.15) is 5.75 Å². The predicted octanol–water partition coefficient (Wildman–Crippen LogP) is 3.90. The van der Waals surface area contributed by atoms with E-state index >= 15 is 0 Å². The average molecular weight is 331 g/mol. The first-order chi connectivity index (χ1) is 12.2. The van der Waals surface area contributed by atoms with Gasteiger partial charge in [-0.1, -0.05) is 36.4 Å². The molecule has 3 rings (SSSR count). The highest BCUT2D eigenvalue weighted by atomic mass is 16.3. The molecule has 5 nitrogen and oxygen atoms in total. The summed E-state index contributed by atoms with van der Waals surface area (Å²) in [4.78, 5) is 11.9. The fourth-order valence-corrected chi connectivity index (χ4v) is 2.22. The Labute approximate surface area is 145 Å². The van der Waals surface area contributed by atoms with E-state index in [-0.39, 0.29) is 11.7 Å². The van der Waals surface area contributed by atoms with E-state index in [1.54, 1.807) is 18.3 Å². The van der Waals surface area contributed by atoms with E-state index in [4.69, 9.17) is 0 Å². The largest absolute Gasteiger partial charge is 0.508 e. The molecule has 0 saturated heterocycles. The molecule has 0 fully saturated rings. The fraction of sp³-hybridized carbons (Fsp3) is 0. The number of nitrogens with one attached hydrogen (secondary N) is 2. The SMILES string of the molecule is O=C(N/N=C\c1ccc(Nc2ccccc2)cc1)c1cccc(O)c1. The number of phenolic OH excluding ortho intramolecular Hbond substituents is 1. The summed E-state index contributed by atoms with van der Waals surface area (Å²) in [6.07, 6.45) is 1.56. The molecule has 0 radical (unpaired) electrons. The molecular weight excluding hydrogens is 314 g/mol. The minimum atomic E-state index is -0.380. The summed E-state index contributed by atoms with van der Waals surface area (Å²) >= 11 is 0. The summed E-state index contributed by atoms with van der Waals surface area (Å²) in [5.74, 6) is -0.340. The number of hydrogen-bond donors (Lipinski definition) is 3. The van der Waals surface area contributed by atoms with Crippen molar-refractivity contribution in [3.8, 4) is 5.75 Å². The molecule has 124 valence electrons. The molecule has 25 heavy (non-hydrogen) atoms. The number of carbonyl (C=O) groups is 1. The molecule has 1 amide bonds. The van der Waals surface area contributed by atoms with Gasteiger partial charge < -0.3 is 10.4 Å². The number of phenols is 1. The molecule has 0 saturated carbocycles. The van der Waals surface area contributed by atoms with E-state index in [1.165, 1.54) is 12.1 Å². The molecule has 0 aliphatic heterocycles. The van der Waals surface area contributed by atoms with Crippen molar-refractivity contribution in [1.29, 1.82) is 0 Å². The van der Waals surface area contributed by atoms with Crippen LogP contribution in [-0.4, -0.2) is 17.2 Å². The van der Waals surface area contributed by atoms with Crippen molar-refractivity contribution in [2.24, 2.45) is 5.10 Å². The molecule has 3 aromatic carbocycles. The van der Waals surface area contributed by atoms with Crippen LogP contribution in [0.3, 0.4) is 0 Å². The summed E-state index contributed by atoms with van der Waals surface area (Å²) in [5.41, 5.74) is 5.62. The van der Waals surface area contributed by atoms with Gasteiger partial charge in [0.15, 0.2) is 0 Å². The van der Waals surface area contributed by atoms with Crippen LogP contribution in [0.1, 0.15) is 15.9 Å². The van der Waals surface area contributed by atoms with E-state index in [9.17, 15) is 9.90 Å². The Morgan fingerprint density at radius 1 is 0.880 bits per heavy atom. The van der Waals surface area contributed by atoms with Crippen molar-refractivity contribution < 1.29 is 9.90 Å². The van der Waals surface area contributed by atoms with E-state index in [2.05, 4.69) is 15.8 Å². The van der Waals surface area contributed by atoms with Crippen LogP contribution >= 0.6 is 0 Å². The van der Waals surface area contributed by atoms with E-state index in [0.29, 0.717) is 5.56 Å². The molecule has 5 heteroatoms. The number of anilines is 2. The first-order valence-corrected chi connectivity index (χ1v) is 7.75. The fourth-order valence-electron chi connectivity index (χ4n) is 2.22. The minimum absolute atomic E-state index is 0.0399. The maximum Gasteiger partial charge on any atom is 0.271 e. The normalized spacial score (nSPS) is 10.6. The minimum Gasteiger partial charge on any atom is -0.508 e. The van der Waals surface area contributed by atoms with Crippen molar-refractivity contribution in [3.05, 3.63) is 90.0 Å². The molecular formula is C20H17N3O2. The van der Waals surface area contributed by atoms with Gasteiger partial charge in [-0.15, -0.1) is 0 Å². The number of hydrogen-bond acceptors (Lipinski definition) is 4. The average Bonchev–Trinajstić information content (AvgIpc) is 2.64. The second-order valence-corrected chi connectivity index (χ2v) is 5.36. The maximum atomic E-state index is 11.9. The van der Waals surface area contributed by atoms with Crippen molar-refractivity contribution in [1.82, 2.24) is 5.43 Å². The monoisotopic (exact) mass is 331 g/mol. The van der Waals surface area contributed by atoms with Gasteiger partial charge in [-0.3, -0.25) is 4.79 Å². The predicted molar refractivity (Wildman–Crippen MR) is 99.3 cm³/mol. The smallest absolute Gasteiger partial charge is 0.271 e. The third-order valence-corrected chi connectivity index (χ3v) is 3.46. The maximum absolute atomic E-state index is 11.9. The van der Waals surface area contributed by atoms with Gasteiger partial charge in [-0.25, -0.2) is 5.43 Å². The van der Waals surface area contributed by atoms with Crippen LogP contribution in [0.15, 0.2) is 84.0 Å². The standard InChI is InChI=1S/C20H17N3O2/c24-19-8-4-5-16(13-19)20(25)23-21-14-15-9-11-18(12-10-15)22-17-6-2-1-3-7-17/h1-14,22,24H,(H,23,25)/b21-14-. The molecule has 0 bridgehead atoms. The third kappa shape index (κ3) is 4.68. The molecule has 0 heterocycles. The number of nitrogens with zero attached hydrogens (tertiary/aromatic N) is 1. The Kier molecular flexibility index (Phi) is 5.07. The van der Waals surface area contributed by atoms with Crippen LogP contribution in [0.4, 0.5) is 11.4 Å². The third-order valence-electron chi connectivity index (χ3n) is 3.46. The molecule has 0 aliphatic rings. The Bertz CT molecular complexity index is 875. The summed E-state index contributed by atoms with van der Waals surface area (Å²) in [6.45, 7) is 0. The number of amides is 1. The van der Waals surface area contributed by atoms with E-state index in [1.807, 2.05) is 54.6 Å². The second-order valence-electron chi connectivity index (χ2n) is 5.36. The van der Waals surface area contributed by atoms with Crippen LogP contribution in [0.5, 0.6) is 5.75 Å². The number of hydrazone groups is 1. The van der Waals surface area contributed by atoms with Crippen molar-refractivity contribution in [2.45, 2.75) is 0 Å². The summed E-state index contributed by atoms with van der Waals surface area (Å²) in [5, 5.41) is 16.6. The molecule has 3 aromatic rings. The zero-order valence-electron chi connectivity index (χ0n) is 13.4. The number of aromatic hydroxyl groups is 1. The highest BCUT2D eigenvalue weighted by Crippen LogP contribution is 2.16. The Morgan fingerprint density at radius 3 is 2.32 bits per heavy atom. The molecule has 0 spiro atoms. The van der Waals surface area contributed by atoms with Gasteiger partial charge in [-0.05, 0) is 48.0 Å². The van der Waals surface area contributed by atoms with Gasteiger partial charge in [0, 0.05) is 16.9 Å². The zero-order chi connectivity index (χ0) is 17.5. The Morgan fingerprint density at radius 2 is 1.60 bits per heavy atom. The number of rotatable bonds is 5. The molecule has 0 unspecified atom stereocenters. The quantitative estimate of drug-likeness (QED) is 0.490. The Hall–Kier alpha value is -3.60. The van der Waals surface area contributed by atoms with Gasteiger partial charge in [0.05, 0.1) is 6.21 Å². The first kappa shape index (κ1) is 16.3. The van der Waals surface area contributed by atoms with Crippen LogP contribution in [-0.2, 0) is 0 Å². The lowest BCUT2D eigenvalue weighted by Gasteiger charge is -2.06. The van der Waals surface area contributed by atoms with Gasteiger partial charge >= 0.3 is 0 Å². The first-order valence-electron chi connectivity index (χ1n) is 7.75. The topological polar surface area (TPSA) is 73.7 Å². The number of benzene rings is 3. The summed E-state index contributed by atoms with van der Waals surface area (Å²) < 4.78 is 0. The van der Waals surface area contributed by atoms with Crippen LogP contribution in [0.25, 0.3) is 0 Å². The number of para-hydroxylation sites is 1. The number of carbonyl (C=O) groups excluding carboxylic acids is 1. The van der Waals surface area contributed by atoms with Gasteiger partial charge in [-0.2, -0.15) is 5.10 Å². The lowest BCUT2D eigenvalue weighted by molar-refractivity contribution is 0.0954. The molecule has 0 aromatic heterocycles. The van der Waals surface area contributed by atoms with Gasteiger partial charge in [0.2, 0.25) is 0 Å². The second kappa shape index (κ2) is 7.79. The van der Waals surface area contributed by atoms with Crippen molar-refractivity contribution in [3.63, 3.8) is 0 Å². The highest BCUT2D eigenvalue weighted by molar-refractivity contribution is 5.95. The van der Waals surface area contributed by atoms with E-state index < -0.39 is 0 Å².